The van der Waals surface area contributed by atoms with Gasteiger partial charge in [0, 0.05) is 5.92 Å². The third-order valence-electron chi connectivity index (χ3n) is 11.0. The molecular formula is C26H44O4. The Morgan fingerprint density at radius 1 is 1.00 bits per heavy atom. The third kappa shape index (κ3) is 3.15. The zero-order valence-corrected chi connectivity index (χ0v) is 19.6. The van der Waals surface area contributed by atoms with Gasteiger partial charge in [-0.2, -0.15) is 0 Å². The van der Waals surface area contributed by atoms with E-state index in [0.29, 0.717) is 29.6 Å². The van der Waals surface area contributed by atoms with Gasteiger partial charge in [0.15, 0.2) is 0 Å². The Balaban J connectivity index is 1.66. The van der Waals surface area contributed by atoms with E-state index in [1.54, 1.807) is 0 Å². The van der Waals surface area contributed by atoms with E-state index in [1.807, 2.05) is 6.92 Å². The molecule has 0 radical (unpaired) electrons. The van der Waals surface area contributed by atoms with Crippen LogP contribution >= 0.6 is 0 Å². The maximum absolute atomic E-state index is 11.6. The number of aliphatic hydroxyl groups excluding tert-OH is 3. The molecule has 13 atom stereocenters. The second-order valence-corrected chi connectivity index (χ2v) is 12.3. The minimum atomic E-state index is -0.352. The van der Waals surface area contributed by atoms with Crippen LogP contribution in [0.5, 0.6) is 0 Å². The second kappa shape index (κ2) is 7.85. The highest BCUT2D eigenvalue weighted by molar-refractivity contribution is 5.52. The Morgan fingerprint density at radius 3 is 2.37 bits per heavy atom. The molecule has 30 heavy (non-hydrogen) atoms. The van der Waals surface area contributed by atoms with Crippen molar-refractivity contribution in [3.63, 3.8) is 0 Å². The van der Waals surface area contributed by atoms with Crippen molar-refractivity contribution in [2.45, 2.75) is 97.9 Å². The van der Waals surface area contributed by atoms with Gasteiger partial charge in [-0.3, -0.25) is 0 Å². The first kappa shape index (κ1) is 22.7. The lowest BCUT2D eigenvalue weighted by atomic mass is 9.41. The summed E-state index contributed by atoms with van der Waals surface area (Å²) in [5, 5.41) is 33.5. The predicted octanol–water partition coefficient (Wildman–Crippen LogP) is 4.06. The van der Waals surface area contributed by atoms with Gasteiger partial charge in [0.05, 0.1) is 18.3 Å². The minimum absolute atomic E-state index is 0.0600. The van der Waals surface area contributed by atoms with Crippen LogP contribution in [0.3, 0.4) is 0 Å². The van der Waals surface area contributed by atoms with Crippen molar-refractivity contribution in [3.8, 4) is 0 Å². The fourth-order valence-electron chi connectivity index (χ4n) is 9.39. The Bertz CT molecular complexity index is 651. The van der Waals surface area contributed by atoms with E-state index < -0.39 is 0 Å². The van der Waals surface area contributed by atoms with Crippen LogP contribution in [0, 0.1) is 58.2 Å². The van der Waals surface area contributed by atoms with Crippen LogP contribution in [0.25, 0.3) is 0 Å². The molecule has 0 heterocycles. The van der Waals surface area contributed by atoms with Crippen LogP contribution in [0.15, 0.2) is 0 Å². The Hall–Kier alpha value is -0.450. The first-order valence-electron chi connectivity index (χ1n) is 12.5. The van der Waals surface area contributed by atoms with E-state index in [4.69, 9.17) is 0 Å². The highest BCUT2D eigenvalue weighted by Gasteiger charge is 2.67. The van der Waals surface area contributed by atoms with Crippen molar-refractivity contribution >= 4 is 6.29 Å². The fourth-order valence-corrected chi connectivity index (χ4v) is 9.39. The van der Waals surface area contributed by atoms with E-state index in [2.05, 4.69) is 27.7 Å². The molecule has 4 unspecified atom stereocenters. The van der Waals surface area contributed by atoms with Crippen LogP contribution in [0.1, 0.15) is 79.6 Å². The minimum Gasteiger partial charge on any atom is -0.393 e. The van der Waals surface area contributed by atoms with Gasteiger partial charge in [0.2, 0.25) is 0 Å². The fraction of sp³-hybridized carbons (Fsp3) is 0.962. The molecule has 4 rings (SSSR count). The molecule has 0 saturated heterocycles. The molecular weight excluding hydrogens is 376 g/mol. The van der Waals surface area contributed by atoms with E-state index in [9.17, 15) is 20.1 Å². The van der Waals surface area contributed by atoms with E-state index >= 15 is 0 Å². The average Bonchev–Trinajstić information content (AvgIpc) is 3.06. The molecule has 4 aliphatic carbocycles. The molecule has 3 N–H and O–H groups in total. The highest BCUT2D eigenvalue weighted by Crippen LogP contribution is 2.69. The van der Waals surface area contributed by atoms with Gasteiger partial charge in [0.1, 0.15) is 6.29 Å². The Labute approximate surface area is 182 Å². The van der Waals surface area contributed by atoms with Crippen LogP contribution in [0.4, 0.5) is 0 Å². The maximum atomic E-state index is 11.6. The molecule has 4 fully saturated rings. The molecule has 0 spiro atoms. The number of carbonyl (C=O) groups excluding carboxylic acids is 1. The van der Waals surface area contributed by atoms with Crippen LogP contribution < -0.4 is 0 Å². The second-order valence-electron chi connectivity index (χ2n) is 12.3. The number of aldehydes is 1. The van der Waals surface area contributed by atoms with Crippen LogP contribution in [-0.4, -0.2) is 39.9 Å². The number of hydrogen-bond acceptors (Lipinski definition) is 4. The Morgan fingerprint density at radius 2 is 1.70 bits per heavy atom. The first-order chi connectivity index (χ1) is 14.1. The van der Waals surface area contributed by atoms with Crippen molar-refractivity contribution < 1.29 is 20.1 Å². The summed E-state index contributed by atoms with van der Waals surface area (Å²) in [4.78, 5) is 11.2. The number of fused-ring (bicyclic) bond motifs is 5. The zero-order chi connectivity index (χ0) is 22.0. The van der Waals surface area contributed by atoms with Crippen molar-refractivity contribution in [1.82, 2.24) is 0 Å². The number of hydrogen-bond donors (Lipinski definition) is 3. The van der Waals surface area contributed by atoms with Gasteiger partial charge < -0.3 is 20.1 Å². The van der Waals surface area contributed by atoms with Gasteiger partial charge in [-0.25, -0.2) is 0 Å². The Kier molecular flexibility index (Phi) is 5.95. The summed E-state index contributed by atoms with van der Waals surface area (Å²) in [6, 6.07) is 0. The molecule has 4 aliphatic rings. The molecule has 0 aromatic rings. The average molecular weight is 421 g/mol. The molecule has 0 amide bonds. The highest BCUT2D eigenvalue weighted by atomic mass is 16.3. The molecule has 4 nitrogen and oxygen atoms in total. The molecule has 0 bridgehead atoms. The molecule has 4 saturated carbocycles. The summed E-state index contributed by atoms with van der Waals surface area (Å²) in [6.07, 6.45) is 6.58. The summed E-state index contributed by atoms with van der Waals surface area (Å²) in [6.45, 7) is 11.1. The molecule has 4 heteroatoms. The third-order valence-corrected chi connectivity index (χ3v) is 11.0. The standard InChI is InChI=1S/C26H44O4/c1-14(13-27)10-15(2)18-6-7-19-23-21(12-22(29)26(18,19)5)25(4)9-8-17(28)11-20(25)16(3)24(23)30/h13-24,28-30H,6-12H2,1-5H3/t14-,15-,16-,17-,18-,19?,20?,21?,22+,23?,24-,25+,26-/m1/s1. The van der Waals surface area contributed by atoms with E-state index in [-0.39, 0.29) is 46.9 Å². The number of rotatable bonds is 4. The van der Waals surface area contributed by atoms with Gasteiger partial charge in [-0.15, -0.1) is 0 Å². The van der Waals surface area contributed by atoms with Gasteiger partial charge in [0.25, 0.3) is 0 Å². The number of carbonyl (C=O) groups is 1. The molecule has 172 valence electrons. The van der Waals surface area contributed by atoms with E-state index in [0.717, 1.165) is 51.2 Å². The first-order valence-corrected chi connectivity index (χ1v) is 12.5. The quantitative estimate of drug-likeness (QED) is 0.600. The molecule has 0 aromatic heterocycles. The normalized spacial score (nSPS) is 55.1. The lowest BCUT2D eigenvalue weighted by Gasteiger charge is -2.65. The van der Waals surface area contributed by atoms with Crippen LogP contribution in [0.2, 0.25) is 0 Å². The molecule has 0 aliphatic heterocycles. The lowest BCUT2D eigenvalue weighted by Crippen LogP contribution is -2.64. The summed E-state index contributed by atoms with van der Waals surface area (Å²) < 4.78 is 0. The lowest BCUT2D eigenvalue weighted by molar-refractivity contribution is -0.225. The SMILES string of the molecule is C[C@H](C[C@@H](C)C=O)[C@H]1CCC2C3C(C[C@H](O)[C@@]21C)[C@@]1(C)CC[C@@H](O)CC1[C@@H](C)[C@H]3O. The largest absolute Gasteiger partial charge is 0.393 e. The smallest absolute Gasteiger partial charge is 0.122 e. The molecule has 0 aromatic carbocycles. The summed E-state index contributed by atoms with van der Waals surface area (Å²) >= 11 is 0. The van der Waals surface area contributed by atoms with Crippen molar-refractivity contribution in [1.29, 1.82) is 0 Å². The zero-order valence-electron chi connectivity index (χ0n) is 19.6. The monoisotopic (exact) mass is 420 g/mol. The van der Waals surface area contributed by atoms with Gasteiger partial charge in [-0.1, -0.05) is 34.6 Å². The summed E-state index contributed by atoms with van der Waals surface area (Å²) in [7, 11) is 0. The summed E-state index contributed by atoms with van der Waals surface area (Å²) in [5.74, 6) is 2.30. The predicted molar refractivity (Wildman–Crippen MR) is 118 cm³/mol. The van der Waals surface area contributed by atoms with Gasteiger partial charge in [-0.05, 0) is 97.2 Å². The summed E-state index contributed by atoms with van der Waals surface area (Å²) in [5.41, 5.74) is -0.0815. The van der Waals surface area contributed by atoms with E-state index in [1.165, 1.54) is 0 Å². The van der Waals surface area contributed by atoms with Crippen LogP contribution in [-0.2, 0) is 4.79 Å². The van der Waals surface area contributed by atoms with Crippen molar-refractivity contribution in [3.05, 3.63) is 0 Å². The van der Waals surface area contributed by atoms with Gasteiger partial charge >= 0.3 is 0 Å². The van der Waals surface area contributed by atoms with Crippen molar-refractivity contribution in [2.24, 2.45) is 58.2 Å². The number of aliphatic hydroxyl groups is 3. The van der Waals surface area contributed by atoms with Crippen molar-refractivity contribution in [2.75, 3.05) is 0 Å². The maximum Gasteiger partial charge on any atom is 0.122 e. The topological polar surface area (TPSA) is 77.8 Å².